The summed E-state index contributed by atoms with van der Waals surface area (Å²) in [6.45, 7) is 3.31. The second-order valence-corrected chi connectivity index (χ2v) is 10.2. The van der Waals surface area contributed by atoms with Crippen LogP contribution in [-0.4, -0.2) is 52.9 Å². The molecule has 1 amide bonds. The Kier molecular flexibility index (Phi) is 7.53. The summed E-state index contributed by atoms with van der Waals surface area (Å²) in [6.07, 6.45) is 2.08. The quantitative estimate of drug-likeness (QED) is 0.268. The standard InChI is InChI=1S/C26H27F3IN5O/c1-25(24(36)34(2)3)9-12-35(13-10-25)21-16-32-22(17-4-6-19(7-5-17)26(27,28)29)23(33-21)20-8-11-31-15-18(20)14-30/h4-8,11,15-16H,9-10,12-14H2,1-3H3. The van der Waals surface area contributed by atoms with Crippen LogP contribution in [0.15, 0.2) is 48.9 Å². The minimum atomic E-state index is -4.41. The van der Waals surface area contributed by atoms with Crippen LogP contribution in [0.2, 0.25) is 0 Å². The number of alkyl halides is 4. The van der Waals surface area contributed by atoms with Crippen molar-refractivity contribution in [3.8, 4) is 22.5 Å². The Morgan fingerprint density at radius 3 is 2.33 bits per heavy atom. The Balaban J connectivity index is 1.73. The molecule has 190 valence electrons. The van der Waals surface area contributed by atoms with Crippen molar-refractivity contribution in [2.45, 2.75) is 30.4 Å². The van der Waals surface area contributed by atoms with E-state index in [9.17, 15) is 18.0 Å². The number of carbonyl (C=O) groups excluding carboxylic acids is 1. The molecule has 0 spiro atoms. The number of benzene rings is 1. The molecule has 1 fully saturated rings. The van der Waals surface area contributed by atoms with Crippen molar-refractivity contribution in [1.29, 1.82) is 0 Å². The first-order valence-corrected chi connectivity index (χ1v) is 13.1. The average molecular weight is 609 g/mol. The molecule has 10 heteroatoms. The smallest absolute Gasteiger partial charge is 0.355 e. The van der Waals surface area contributed by atoms with Crippen molar-refractivity contribution >= 4 is 34.3 Å². The van der Waals surface area contributed by atoms with Gasteiger partial charge in [0.15, 0.2) is 0 Å². The highest BCUT2D eigenvalue weighted by atomic mass is 127. The summed E-state index contributed by atoms with van der Waals surface area (Å²) in [5, 5.41) is 0. The number of amides is 1. The zero-order valence-corrected chi connectivity index (χ0v) is 22.5. The summed E-state index contributed by atoms with van der Waals surface area (Å²) in [4.78, 5) is 30.3. The van der Waals surface area contributed by atoms with E-state index in [0.717, 1.165) is 23.3 Å². The minimum Gasteiger partial charge on any atom is -0.355 e. The Hall–Kier alpha value is -2.76. The molecule has 0 radical (unpaired) electrons. The van der Waals surface area contributed by atoms with Gasteiger partial charge in [-0.2, -0.15) is 13.2 Å². The third-order valence-electron chi connectivity index (χ3n) is 6.66. The highest BCUT2D eigenvalue weighted by Crippen LogP contribution is 2.38. The fourth-order valence-corrected chi connectivity index (χ4v) is 5.10. The highest BCUT2D eigenvalue weighted by Gasteiger charge is 2.38. The molecule has 6 nitrogen and oxygen atoms in total. The lowest BCUT2D eigenvalue weighted by Gasteiger charge is -2.40. The zero-order valence-electron chi connectivity index (χ0n) is 20.3. The number of halogens is 4. The maximum Gasteiger partial charge on any atom is 0.416 e. The van der Waals surface area contributed by atoms with Crippen molar-refractivity contribution in [1.82, 2.24) is 19.9 Å². The molecule has 36 heavy (non-hydrogen) atoms. The summed E-state index contributed by atoms with van der Waals surface area (Å²) in [7, 11) is 3.55. The predicted molar refractivity (Wildman–Crippen MR) is 142 cm³/mol. The number of rotatable bonds is 5. The molecule has 1 saturated heterocycles. The summed E-state index contributed by atoms with van der Waals surface area (Å²) in [5.74, 6) is 0.797. The van der Waals surface area contributed by atoms with Crippen LogP contribution in [0.25, 0.3) is 22.5 Å². The van der Waals surface area contributed by atoms with E-state index in [1.165, 1.54) is 12.1 Å². The van der Waals surface area contributed by atoms with E-state index >= 15 is 0 Å². The van der Waals surface area contributed by atoms with Gasteiger partial charge in [-0.3, -0.25) is 14.8 Å². The van der Waals surface area contributed by atoms with Gasteiger partial charge in [-0.05, 0) is 36.6 Å². The molecule has 4 rings (SSSR count). The van der Waals surface area contributed by atoms with Gasteiger partial charge in [-0.1, -0.05) is 41.6 Å². The molecular weight excluding hydrogens is 582 g/mol. The molecule has 0 saturated carbocycles. The Morgan fingerprint density at radius 1 is 1.08 bits per heavy atom. The first-order valence-electron chi connectivity index (χ1n) is 11.5. The molecule has 0 aliphatic carbocycles. The number of piperidine rings is 1. The van der Waals surface area contributed by atoms with Crippen LogP contribution in [-0.2, 0) is 15.4 Å². The van der Waals surface area contributed by atoms with E-state index in [1.54, 1.807) is 37.6 Å². The third-order valence-corrected chi connectivity index (χ3v) is 7.48. The van der Waals surface area contributed by atoms with E-state index in [-0.39, 0.29) is 5.91 Å². The minimum absolute atomic E-state index is 0.120. The van der Waals surface area contributed by atoms with Crippen molar-refractivity contribution < 1.29 is 18.0 Å². The monoisotopic (exact) mass is 609 g/mol. The molecule has 1 aliphatic heterocycles. The van der Waals surface area contributed by atoms with Crippen LogP contribution in [0.4, 0.5) is 19.0 Å². The summed E-state index contributed by atoms with van der Waals surface area (Å²) in [5.41, 5.74) is 2.33. The van der Waals surface area contributed by atoms with Gasteiger partial charge in [0.1, 0.15) is 5.82 Å². The predicted octanol–water partition coefficient (Wildman–Crippen LogP) is 5.85. The SMILES string of the molecule is CN(C)C(=O)C1(C)CCN(c2cnc(-c3ccc(C(F)(F)F)cc3)c(-c3ccncc3CI)n2)CC1. The van der Waals surface area contributed by atoms with Gasteiger partial charge >= 0.3 is 6.18 Å². The van der Waals surface area contributed by atoms with Crippen molar-refractivity contribution in [3.05, 3.63) is 60.0 Å². The van der Waals surface area contributed by atoms with Crippen LogP contribution in [0.3, 0.4) is 0 Å². The number of hydrogen-bond acceptors (Lipinski definition) is 5. The molecule has 2 aromatic heterocycles. The van der Waals surface area contributed by atoms with Gasteiger partial charge in [0.05, 0.1) is 23.1 Å². The molecule has 1 aromatic carbocycles. The van der Waals surface area contributed by atoms with Crippen LogP contribution in [0.5, 0.6) is 0 Å². The number of aromatic nitrogens is 3. The summed E-state index contributed by atoms with van der Waals surface area (Å²) in [6, 6.07) is 6.85. The van der Waals surface area contributed by atoms with E-state index in [4.69, 9.17) is 4.98 Å². The van der Waals surface area contributed by atoms with Crippen LogP contribution in [0, 0.1) is 5.41 Å². The molecule has 0 N–H and O–H groups in total. The lowest BCUT2D eigenvalue weighted by atomic mass is 9.79. The molecule has 3 aromatic rings. The molecule has 0 atom stereocenters. The number of anilines is 1. The Labute approximate surface area is 222 Å². The van der Waals surface area contributed by atoms with Gasteiger partial charge in [-0.25, -0.2) is 4.98 Å². The van der Waals surface area contributed by atoms with Crippen LogP contribution >= 0.6 is 22.6 Å². The summed E-state index contributed by atoms with van der Waals surface area (Å²) < 4.78 is 40.0. The van der Waals surface area contributed by atoms with Crippen LogP contribution < -0.4 is 4.90 Å². The first kappa shape index (κ1) is 26.3. The number of carbonyl (C=O) groups is 1. The number of nitrogens with zero attached hydrogens (tertiary/aromatic N) is 5. The molecule has 1 aliphatic rings. The van der Waals surface area contributed by atoms with Crippen molar-refractivity contribution in [2.75, 3.05) is 32.1 Å². The van der Waals surface area contributed by atoms with Crippen molar-refractivity contribution in [3.63, 3.8) is 0 Å². The van der Waals surface area contributed by atoms with E-state index in [1.807, 2.05) is 13.0 Å². The van der Waals surface area contributed by atoms with Gasteiger partial charge < -0.3 is 9.80 Å². The van der Waals surface area contributed by atoms with Gasteiger partial charge in [0, 0.05) is 60.5 Å². The third kappa shape index (κ3) is 5.33. The Bertz CT molecular complexity index is 1240. The van der Waals surface area contributed by atoms with Gasteiger partial charge in [0.25, 0.3) is 0 Å². The molecular formula is C26H27F3IN5O. The summed E-state index contributed by atoms with van der Waals surface area (Å²) >= 11 is 2.25. The lowest BCUT2D eigenvalue weighted by Crippen LogP contribution is -2.47. The molecule has 0 bridgehead atoms. The fraction of sp³-hybridized carbons (Fsp3) is 0.385. The van der Waals surface area contributed by atoms with Gasteiger partial charge in [-0.15, -0.1) is 0 Å². The second-order valence-electron chi connectivity index (χ2n) is 9.41. The topological polar surface area (TPSA) is 62.2 Å². The highest BCUT2D eigenvalue weighted by molar-refractivity contribution is 14.1. The number of pyridine rings is 1. The normalized spacial score (nSPS) is 15.6. The van der Waals surface area contributed by atoms with E-state index < -0.39 is 17.2 Å². The van der Waals surface area contributed by atoms with Crippen LogP contribution in [0.1, 0.15) is 30.9 Å². The molecule has 0 unspecified atom stereocenters. The lowest BCUT2D eigenvalue weighted by molar-refractivity contribution is -0.139. The largest absolute Gasteiger partial charge is 0.416 e. The first-order chi connectivity index (χ1) is 17.0. The number of hydrogen-bond donors (Lipinski definition) is 0. The van der Waals surface area contributed by atoms with Gasteiger partial charge in [0.2, 0.25) is 5.91 Å². The fourth-order valence-electron chi connectivity index (χ4n) is 4.50. The van der Waals surface area contributed by atoms with E-state index in [2.05, 4.69) is 37.5 Å². The van der Waals surface area contributed by atoms with E-state index in [0.29, 0.717) is 53.1 Å². The second kappa shape index (κ2) is 10.3. The Morgan fingerprint density at radius 2 is 1.75 bits per heavy atom. The maximum absolute atomic E-state index is 13.1. The zero-order chi connectivity index (χ0) is 26.1. The molecule has 3 heterocycles. The van der Waals surface area contributed by atoms with Crippen molar-refractivity contribution in [2.24, 2.45) is 5.41 Å². The average Bonchev–Trinajstić information content (AvgIpc) is 2.88. The maximum atomic E-state index is 13.1.